The van der Waals surface area contributed by atoms with Crippen molar-refractivity contribution in [1.82, 2.24) is 4.90 Å². The standard InChI is InChI=1S/C28H25Cl2IN2O4/c1-17-14-21(30)10-7-19(17)16-33-26(18-5-8-20(29)9-6-18)28(37)32(13-3-2-4-25(34)35)24-12-11-22(31)15-23(24)27(33)36/h5-12,14-15,26H,2-4,13,16H2,1H3,(H,34,35)/t26-/m1/s1. The first-order valence-electron chi connectivity index (χ1n) is 11.8. The Morgan fingerprint density at radius 3 is 2.35 bits per heavy atom. The normalized spacial score (nSPS) is 15.5. The summed E-state index contributed by atoms with van der Waals surface area (Å²) in [7, 11) is 0. The van der Waals surface area contributed by atoms with Gasteiger partial charge in [0, 0.05) is 33.1 Å². The van der Waals surface area contributed by atoms with Crippen molar-refractivity contribution in [1.29, 1.82) is 0 Å². The van der Waals surface area contributed by atoms with Crippen molar-refractivity contribution in [2.75, 3.05) is 11.4 Å². The predicted molar refractivity (Wildman–Crippen MR) is 153 cm³/mol. The molecule has 2 amide bonds. The average molecular weight is 651 g/mol. The van der Waals surface area contributed by atoms with Crippen molar-refractivity contribution in [2.45, 2.75) is 38.8 Å². The molecule has 1 aliphatic heterocycles. The number of carboxylic acids is 1. The SMILES string of the molecule is Cc1cc(Cl)ccc1CN1C(=O)c2cc(I)ccc2N(CCCCC(=O)O)C(=O)[C@H]1c1ccc(Cl)cc1. The van der Waals surface area contributed by atoms with Crippen LogP contribution in [0.3, 0.4) is 0 Å². The number of hydrogen-bond donors (Lipinski definition) is 1. The molecule has 6 nitrogen and oxygen atoms in total. The molecule has 0 radical (unpaired) electrons. The molecule has 0 aromatic heterocycles. The number of benzene rings is 3. The summed E-state index contributed by atoms with van der Waals surface area (Å²) in [5, 5.41) is 10.2. The van der Waals surface area contributed by atoms with Gasteiger partial charge in [0.05, 0.1) is 11.3 Å². The summed E-state index contributed by atoms with van der Waals surface area (Å²) in [4.78, 5) is 42.7. The zero-order chi connectivity index (χ0) is 26.7. The van der Waals surface area contributed by atoms with E-state index in [9.17, 15) is 14.4 Å². The van der Waals surface area contributed by atoms with Crippen LogP contribution in [0, 0.1) is 10.5 Å². The van der Waals surface area contributed by atoms with Crippen LogP contribution in [0.2, 0.25) is 10.0 Å². The number of amides is 2. The molecule has 0 aliphatic carbocycles. The van der Waals surface area contributed by atoms with E-state index in [1.807, 2.05) is 25.1 Å². The van der Waals surface area contributed by atoms with E-state index in [2.05, 4.69) is 22.6 Å². The van der Waals surface area contributed by atoms with Crippen LogP contribution in [-0.2, 0) is 16.1 Å². The van der Waals surface area contributed by atoms with E-state index in [0.717, 1.165) is 14.7 Å². The number of aryl methyl sites for hydroxylation is 1. The van der Waals surface area contributed by atoms with E-state index < -0.39 is 12.0 Å². The minimum Gasteiger partial charge on any atom is -0.481 e. The van der Waals surface area contributed by atoms with E-state index in [1.54, 1.807) is 52.3 Å². The molecule has 3 aromatic carbocycles. The topological polar surface area (TPSA) is 77.9 Å². The second-order valence-electron chi connectivity index (χ2n) is 8.96. The van der Waals surface area contributed by atoms with Gasteiger partial charge in [-0.3, -0.25) is 14.4 Å². The second-order valence-corrected chi connectivity index (χ2v) is 11.1. The minimum absolute atomic E-state index is 0.0170. The molecule has 37 heavy (non-hydrogen) atoms. The molecule has 0 saturated carbocycles. The fourth-order valence-corrected chi connectivity index (χ4v) is 5.36. The Bertz CT molecular complexity index is 1350. The first-order valence-corrected chi connectivity index (χ1v) is 13.6. The second kappa shape index (κ2) is 11.8. The highest BCUT2D eigenvalue weighted by atomic mass is 127. The Hall–Kier alpha value is -2.62. The van der Waals surface area contributed by atoms with Crippen molar-refractivity contribution in [3.05, 3.63) is 96.5 Å². The molecule has 4 rings (SSSR count). The van der Waals surface area contributed by atoms with Gasteiger partial charge in [0.25, 0.3) is 11.8 Å². The van der Waals surface area contributed by atoms with Crippen LogP contribution in [0.25, 0.3) is 0 Å². The van der Waals surface area contributed by atoms with Gasteiger partial charge >= 0.3 is 5.97 Å². The largest absolute Gasteiger partial charge is 0.481 e. The van der Waals surface area contributed by atoms with Gasteiger partial charge in [0.2, 0.25) is 0 Å². The van der Waals surface area contributed by atoms with Gasteiger partial charge in [0.15, 0.2) is 0 Å². The highest BCUT2D eigenvalue weighted by molar-refractivity contribution is 14.1. The molecule has 192 valence electrons. The summed E-state index contributed by atoms with van der Waals surface area (Å²) in [6.07, 6.45) is 0.927. The van der Waals surface area contributed by atoms with Crippen LogP contribution in [0.1, 0.15) is 52.4 Å². The number of aliphatic carboxylic acids is 1. The highest BCUT2D eigenvalue weighted by Gasteiger charge is 2.40. The van der Waals surface area contributed by atoms with Crippen LogP contribution >= 0.6 is 45.8 Å². The lowest BCUT2D eigenvalue weighted by atomic mass is 10.0. The maximum atomic E-state index is 14.3. The number of rotatable bonds is 8. The van der Waals surface area contributed by atoms with Crippen LogP contribution in [0.5, 0.6) is 0 Å². The Morgan fingerprint density at radius 2 is 1.68 bits per heavy atom. The number of unbranched alkanes of at least 4 members (excludes halogenated alkanes) is 1. The number of hydrogen-bond acceptors (Lipinski definition) is 3. The van der Waals surface area contributed by atoms with Crippen molar-refractivity contribution in [2.24, 2.45) is 0 Å². The molecule has 1 N–H and O–H groups in total. The van der Waals surface area contributed by atoms with Crippen molar-refractivity contribution < 1.29 is 19.5 Å². The van der Waals surface area contributed by atoms with Crippen molar-refractivity contribution >= 4 is 69.3 Å². The van der Waals surface area contributed by atoms with E-state index >= 15 is 0 Å². The van der Waals surface area contributed by atoms with E-state index in [4.69, 9.17) is 28.3 Å². The fraction of sp³-hybridized carbons (Fsp3) is 0.250. The summed E-state index contributed by atoms with van der Waals surface area (Å²) in [5.41, 5.74) is 3.40. The lowest BCUT2D eigenvalue weighted by Gasteiger charge is -2.32. The molecule has 0 bridgehead atoms. The molecule has 3 aromatic rings. The molecular formula is C28H25Cl2IN2O4. The maximum Gasteiger partial charge on any atom is 0.303 e. The predicted octanol–water partition coefficient (Wildman–Crippen LogP) is 6.89. The lowest BCUT2D eigenvalue weighted by molar-refractivity contribution is -0.137. The zero-order valence-electron chi connectivity index (χ0n) is 20.1. The summed E-state index contributed by atoms with van der Waals surface area (Å²) < 4.78 is 0.871. The molecule has 0 saturated heterocycles. The van der Waals surface area contributed by atoms with Crippen LogP contribution in [0.4, 0.5) is 5.69 Å². The van der Waals surface area contributed by atoms with E-state index in [1.165, 1.54) is 0 Å². The highest BCUT2D eigenvalue weighted by Crippen LogP contribution is 2.37. The van der Waals surface area contributed by atoms with Gasteiger partial charge in [-0.1, -0.05) is 41.4 Å². The third-order valence-corrected chi connectivity index (χ3v) is 7.56. The van der Waals surface area contributed by atoms with Gasteiger partial charge in [-0.2, -0.15) is 0 Å². The monoisotopic (exact) mass is 650 g/mol. The molecule has 9 heteroatoms. The Labute approximate surface area is 239 Å². The minimum atomic E-state index is -0.899. The van der Waals surface area contributed by atoms with E-state index in [-0.39, 0.29) is 24.8 Å². The van der Waals surface area contributed by atoms with Gasteiger partial charge in [-0.05, 0) is 102 Å². The van der Waals surface area contributed by atoms with Gasteiger partial charge in [0.1, 0.15) is 6.04 Å². The number of carbonyl (C=O) groups excluding carboxylic acids is 2. The third-order valence-electron chi connectivity index (χ3n) is 6.41. The number of fused-ring (bicyclic) bond motifs is 1. The molecule has 1 heterocycles. The third kappa shape index (κ3) is 6.27. The molecule has 1 atom stereocenters. The Kier molecular flexibility index (Phi) is 8.77. The summed E-state index contributed by atoms with van der Waals surface area (Å²) >= 11 is 14.5. The number of carboxylic acid groups (broad SMARTS) is 1. The number of anilines is 1. The van der Waals surface area contributed by atoms with E-state index in [0.29, 0.717) is 46.2 Å². The van der Waals surface area contributed by atoms with Crippen LogP contribution in [0.15, 0.2) is 60.7 Å². The van der Waals surface area contributed by atoms with Gasteiger partial charge in [-0.25, -0.2) is 0 Å². The van der Waals surface area contributed by atoms with Crippen molar-refractivity contribution in [3.63, 3.8) is 0 Å². The molecule has 1 aliphatic rings. The summed E-state index contributed by atoms with van der Waals surface area (Å²) in [6.45, 7) is 2.43. The Balaban J connectivity index is 1.83. The van der Waals surface area contributed by atoms with Crippen molar-refractivity contribution in [3.8, 4) is 0 Å². The smallest absolute Gasteiger partial charge is 0.303 e. The summed E-state index contributed by atoms with van der Waals surface area (Å²) in [5.74, 6) is -1.39. The number of carbonyl (C=O) groups is 3. The first-order chi connectivity index (χ1) is 17.7. The quantitative estimate of drug-likeness (QED) is 0.213. The number of nitrogens with zero attached hydrogens (tertiary/aromatic N) is 2. The van der Waals surface area contributed by atoms with Gasteiger partial charge < -0.3 is 14.9 Å². The van der Waals surface area contributed by atoms with Crippen LogP contribution in [-0.4, -0.2) is 34.3 Å². The summed E-state index contributed by atoms with van der Waals surface area (Å²) in [6, 6.07) is 17.0. The molecule has 0 fully saturated rings. The molecule has 0 unspecified atom stereocenters. The average Bonchev–Trinajstić information content (AvgIpc) is 2.93. The molecular weight excluding hydrogens is 626 g/mol. The number of halogens is 3. The van der Waals surface area contributed by atoms with Gasteiger partial charge in [-0.15, -0.1) is 0 Å². The lowest BCUT2D eigenvalue weighted by Crippen LogP contribution is -2.42. The fourth-order valence-electron chi connectivity index (χ4n) is 4.51. The molecule has 0 spiro atoms. The zero-order valence-corrected chi connectivity index (χ0v) is 23.8. The van der Waals surface area contributed by atoms with Crippen LogP contribution < -0.4 is 4.90 Å². The maximum absolute atomic E-state index is 14.3. The first kappa shape index (κ1) is 27.4. The Morgan fingerprint density at radius 1 is 0.973 bits per heavy atom.